The van der Waals surface area contributed by atoms with Crippen LogP contribution in [0, 0.1) is 6.92 Å². The molecule has 0 amide bonds. The molecule has 3 aromatic heterocycles. The number of fused-ring (bicyclic) bond motifs is 12. The standard InChI is InChI=1S/C63H56BN3OS/c1-37-33-52-57-53(34-37)67-58-47(56-46-15-11-12-20-55(46)69-60(56)67)17-13-18-49(58)64(57)48-32-30-43(65(41-26-21-38(22-27-41)61(2,3)4)42-28-23-39(24-29-42)62(5,6)7)36-51(48)66(52)50-19-14-16-45-44-31-25-40(63(8,9)10)35-54(44)68-59(45)50/h11-36H,1-10H3. The Labute approximate surface area is 409 Å². The fourth-order valence-corrected chi connectivity index (χ4v) is 12.8. The monoisotopic (exact) mass is 913 g/mol. The van der Waals surface area contributed by atoms with Crippen molar-refractivity contribution in [2.45, 2.75) is 85.5 Å². The zero-order valence-electron chi connectivity index (χ0n) is 41.2. The molecule has 0 saturated carbocycles. The van der Waals surface area contributed by atoms with Crippen LogP contribution in [0.15, 0.2) is 162 Å². The molecule has 2 aliphatic heterocycles. The third-order valence-corrected chi connectivity index (χ3v) is 16.3. The van der Waals surface area contributed by atoms with E-state index in [0.29, 0.717) is 0 Å². The summed E-state index contributed by atoms with van der Waals surface area (Å²) in [5.41, 5.74) is 20.2. The summed E-state index contributed by atoms with van der Waals surface area (Å²) in [6, 6.07) is 60.0. The molecule has 11 aromatic rings. The lowest BCUT2D eigenvalue weighted by molar-refractivity contribution is 0.587. The van der Waals surface area contributed by atoms with Gasteiger partial charge in [0.05, 0.1) is 11.2 Å². The zero-order chi connectivity index (χ0) is 47.5. The van der Waals surface area contributed by atoms with E-state index < -0.39 is 0 Å². The highest BCUT2D eigenvalue weighted by molar-refractivity contribution is 7.26. The lowest BCUT2D eigenvalue weighted by Gasteiger charge is -2.41. The normalized spacial score (nSPS) is 13.6. The molecule has 0 fully saturated rings. The van der Waals surface area contributed by atoms with Crippen LogP contribution in [0.2, 0.25) is 0 Å². The van der Waals surface area contributed by atoms with E-state index >= 15 is 0 Å². The summed E-state index contributed by atoms with van der Waals surface area (Å²) in [6.07, 6.45) is 0. The Bertz CT molecular complexity index is 3870. The maximum atomic E-state index is 7.15. The minimum absolute atomic E-state index is 0.00261. The molecule has 4 nitrogen and oxygen atoms in total. The van der Waals surface area contributed by atoms with Gasteiger partial charge in [-0.3, -0.25) is 0 Å². The first kappa shape index (κ1) is 42.1. The van der Waals surface area contributed by atoms with Crippen molar-refractivity contribution in [2.24, 2.45) is 0 Å². The van der Waals surface area contributed by atoms with Gasteiger partial charge in [-0.15, -0.1) is 11.3 Å². The third kappa shape index (κ3) is 6.27. The Hall–Kier alpha value is -7.02. The number of benzene rings is 8. The van der Waals surface area contributed by atoms with Crippen molar-refractivity contribution in [2.75, 3.05) is 9.80 Å². The number of nitrogens with zero attached hydrogens (tertiary/aromatic N) is 3. The molecule has 0 saturated heterocycles. The molecular formula is C63H56BN3OS. The highest BCUT2D eigenvalue weighted by Crippen LogP contribution is 2.49. The Kier molecular flexibility index (Phi) is 8.86. The van der Waals surface area contributed by atoms with E-state index in [4.69, 9.17) is 4.42 Å². The largest absolute Gasteiger partial charge is 0.454 e. The van der Waals surface area contributed by atoms with Crippen LogP contribution in [0.3, 0.4) is 0 Å². The molecule has 0 spiro atoms. The highest BCUT2D eigenvalue weighted by Gasteiger charge is 2.43. The van der Waals surface area contributed by atoms with Crippen molar-refractivity contribution in [3.8, 4) is 5.69 Å². The Balaban J connectivity index is 1.11. The van der Waals surface area contributed by atoms with E-state index in [-0.39, 0.29) is 23.0 Å². The van der Waals surface area contributed by atoms with Crippen molar-refractivity contribution in [1.29, 1.82) is 0 Å². The molecule has 0 unspecified atom stereocenters. The molecule has 0 radical (unpaired) electrons. The van der Waals surface area contributed by atoms with Crippen LogP contribution in [-0.4, -0.2) is 11.3 Å². The summed E-state index contributed by atoms with van der Waals surface area (Å²) in [4.78, 5) is 6.28. The summed E-state index contributed by atoms with van der Waals surface area (Å²) in [6.45, 7) is 22.8. The van der Waals surface area contributed by atoms with Crippen molar-refractivity contribution in [3.05, 3.63) is 180 Å². The maximum absolute atomic E-state index is 7.15. The van der Waals surface area contributed by atoms with Gasteiger partial charge < -0.3 is 18.8 Å². The fourth-order valence-electron chi connectivity index (χ4n) is 11.5. The average molecular weight is 914 g/mol. The second-order valence-electron chi connectivity index (χ2n) is 22.7. The molecule has 0 N–H and O–H groups in total. The maximum Gasteiger partial charge on any atom is 0.252 e. The van der Waals surface area contributed by atoms with Gasteiger partial charge in [-0.1, -0.05) is 153 Å². The van der Waals surface area contributed by atoms with Gasteiger partial charge in [0, 0.05) is 65.8 Å². The van der Waals surface area contributed by atoms with Crippen LogP contribution in [0.25, 0.3) is 58.8 Å². The van der Waals surface area contributed by atoms with Crippen LogP contribution in [0.5, 0.6) is 0 Å². The molecule has 2 aliphatic rings. The van der Waals surface area contributed by atoms with Gasteiger partial charge in [-0.25, -0.2) is 0 Å². The smallest absolute Gasteiger partial charge is 0.252 e. The lowest BCUT2D eigenvalue weighted by Crippen LogP contribution is -2.60. The Morgan fingerprint density at radius 3 is 1.80 bits per heavy atom. The van der Waals surface area contributed by atoms with Gasteiger partial charge in [0.15, 0.2) is 5.58 Å². The van der Waals surface area contributed by atoms with Gasteiger partial charge in [0.25, 0.3) is 6.71 Å². The minimum Gasteiger partial charge on any atom is -0.454 e. The van der Waals surface area contributed by atoms with Gasteiger partial charge >= 0.3 is 0 Å². The van der Waals surface area contributed by atoms with Crippen LogP contribution < -0.4 is 26.2 Å². The Morgan fingerprint density at radius 2 is 1.10 bits per heavy atom. The van der Waals surface area contributed by atoms with Gasteiger partial charge in [0.1, 0.15) is 10.4 Å². The van der Waals surface area contributed by atoms with Gasteiger partial charge in [0.2, 0.25) is 0 Å². The first-order valence-electron chi connectivity index (χ1n) is 24.5. The van der Waals surface area contributed by atoms with Crippen LogP contribution in [-0.2, 0) is 16.2 Å². The molecule has 13 rings (SSSR count). The molecule has 6 heteroatoms. The molecule has 0 aliphatic carbocycles. The molecule has 8 aromatic carbocycles. The van der Waals surface area contributed by atoms with Gasteiger partial charge in [-0.05, 0) is 129 Å². The van der Waals surface area contributed by atoms with Crippen LogP contribution >= 0.6 is 11.3 Å². The predicted molar refractivity (Wildman–Crippen MR) is 298 cm³/mol. The predicted octanol–water partition coefficient (Wildman–Crippen LogP) is 16.2. The molecule has 5 heterocycles. The fraction of sp³-hybridized carbons (Fsp3) is 0.206. The SMILES string of the molecule is Cc1cc2c3c(c1)-n1c4sc5ccccc5c4c4cccc(c41)B3c1ccc(N(c3ccc(C(C)(C)C)cc3)c3ccc(C(C)(C)C)cc3)cc1N2c1cccc2c1oc1cc(C(C)(C)C)ccc12. The van der Waals surface area contributed by atoms with Crippen molar-refractivity contribution in [1.82, 2.24) is 4.57 Å². The summed E-state index contributed by atoms with van der Waals surface area (Å²) >= 11 is 1.91. The number of hydrogen-bond donors (Lipinski definition) is 0. The number of anilines is 6. The minimum atomic E-state index is -0.0140. The average Bonchev–Trinajstić information content (AvgIpc) is 3.99. The van der Waals surface area contributed by atoms with E-state index in [9.17, 15) is 0 Å². The summed E-state index contributed by atoms with van der Waals surface area (Å²) in [5, 5.41) is 6.24. The quantitative estimate of drug-likeness (QED) is 0.164. The van der Waals surface area contributed by atoms with Crippen LogP contribution in [0.4, 0.5) is 34.1 Å². The molecule has 338 valence electrons. The van der Waals surface area contributed by atoms with Crippen molar-refractivity contribution >= 4 is 122 Å². The highest BCUT2D eigenvalue weighted by atomic mass is 32.1. The first-order chi connectivity index (χ1) is 33.0. The summed E-state index contributed by atoms with van der Waals surface area (Å²) < 4.78 is 11.1. The summed E-state index contributed by atoms with van der Waals surface area (Å²) in [7, 11) is 0. The molecular weight excluding hydrogens is 858 g/mol. The number of furan rings is 1. The van der Waals surface area contributed by atoms with E-state index in [1.54, 1.807) is 0 Å². The zero-order valence-corrected chi connectivity index (χ0v) is 42.1. The topological polar surface area (TPSA) is 24.6 Å². The van der Waals surface area contributed by atoms with Gasteiger partial charge in [-0.2, -0.15) is 0 Å². The number of aromatic nitrogens is 1. The summed E-state index contributed by atoms with van der Waals surface area (Å²) in [5.74, 6) is 0. The van der Waals surface area contributed by atoms with E-state index in [1.807, 2.05) is 11.3 Å². The number of thiophene rings is 1. The lowest BCUT2D eigenvalue weighted by atomic mass is 9.33. The van der Waals surface area contributed by atoms with Crippen LogP contribution in [0.1, 0.15) is 84.6 Å². The third-order valence-electron chi connectivity index (χ3n) is 15.1. The number of hydrogen-bond acceptors (Lipinski definition) is 4. The van der Waals surface area contributed by atoms with Crippen molar-refractivity contribution in [3.63, 3.8) is 0 Å². The van der Waals surface area contributed by atoms with Crippen molar-refractivity contribution < 1.29 is 4.42 Å². The molecule has 0 bridgehead atoms. The second-order valence-corrected chi connectivity index (χ2v) is 23.8. The Morgan fingerprint density at radius 1 is 0.493 bits per heavy atom. The molecule has 0 atom stereocenters. The van der Waals surface area contributed by atoms with E-state index in [2.05, 4.69) is 241 Å². The second kappa shape index (κ2) is 14.5. The number of rotatable bonds is 4. The first-order valence-corrected chi connectivity index (χ1v) is 25.4. The molecule has 69 heavy (non-hydrogen) atoms. The van der Waals surface area contributed by atoms with E-state index in [0.717, 1.165) is 50.4 Å². The van der Waals surface area contributed by atoms with E-state index in [1.165, 1.54) is 81.2 Å². The number of aryl methyl sites for hydroxylation is 1. The number of para-hydroxylation sites is 2.